The summed E-state index contributed by atoms with van der Waals surface area (Å²) >= 11 is 0. The Hall–Kier alpha value is -2.67. The van der Waals surface area contributed by atoms with E-state index in [1.165, 1.54) is 4.90 Å². The van der Waals surface area contributed by atoms with E-state index in [0.717, 1.165) is 31.2 Å². The molecule has 4 rings (SSSR count). The molecule has 1 heterocycles. The number of hydrogen-bond acceptors (Lipinski definition) is 4. The van der Waals surface area contributed by atoms with E-state index < -0.39 is 10.0 Å². The van der Waals surface area contributed by atoms with Crippen molar-refractivity contribution >= 4 is 27.5 Å². The maximum absolute atomic E-state index is 13.0. The topological polar surface area (TPSA) is 83.6 Å². The minimum absolute atomic E-state index is 0.109. The Labute approximate surface area is 177 Å². The number of rotatable bonds is 5. The predicted octanol–water partition coefficient (Wildman–Crippen LogP) is 3.78. The van der Waals surface area contributed by atoms with E-state index in [0.29, 0.717) is 16.8 Å². The van der Waals surface area contributed by atoms with Crippen LogP contribution in [0.5, 0.6) is 0 Å². The van der Waals surface area contributed by atoms with Gasteiger partial charge < -0.3 is 0 Å². The number of imide groups is 1. The summed E-state index contributed by atoms with van der Waals surface area (Å²) in [6.45, 7) is 3.68. The molecule has 158 valence electrons. The Kier molecular flexibility index (Phi) is 5.40. The van der Waals surface area contributed by atoms with E-state index in [1.807, 2.05) is 19.1 Å². The van der Waals surface area contributed by atoms with Gasteiger partial charge in [0.2, 0.25) is 11.8 Å². The number of aryl methyl sites for hydroxylation is 2. The molecule has 1 N–H and O–H groups in total. The van der Waals surface area contributed by atoms with E-state index in [-0.39, 0.29) is 35.1 Å². The predicted molar refractivity (Wildman–Crippen MR) is 114 cm³/mol. The lowest BCUT2D eigenvalue weighted by atomic mass is 9.81. The molecule has 2 aliphatic rings. The van der Waals surface area contributed by atoms with Gasteiger partial charge in [0.1, 0.15) is 0 Å². The van der Waals surface area contributed by atoms with Crippen LogP contribution in [0.25, 0.3) is 0 Å². The number of sulfonamides is 1. The van der Waals surface area contributed by atoms with Crippen molar-refractivity contribution in [1.29, 1.82) is 0 Å². The fourth-order valence-corrected chi connectivity index (χ4v) is 5.92. The van der Waals surface area contributed by atoms with Gasteiger partial charge in [-0.3, -0.25) is 19.2 Å². The first-order valence-electron chi connectivity index (χ1n) is 10.3. The molecular formula is C23H26N2O4S. The van der Waals surface area contributed by atoms with Gasteiger partial charge in [-0.15, -0.1) is 0 Å². The SMILES string of the molecule is Cc1ccccc1NS(=O)(=O)c1cc(CN2C(=O)[C@@H]3CCCC[C@H]3C2=O)ccc1C. The summed E-state index contributed by atoms with van der Waals surface area (Å²) in [6, 6.07) is 12.3. The average molecular weight is 427 g/mol. The molecule has 6 nitrogen and oxygen atoms in total. The molecule has 2 amide bonds. The third-order valence-corrected chi connectivity index (χ3v) is 7.71. The Bertz CT molecular complexity index is 1090. The van der Waals surface area contributed by atoms with Crippen LogP contribution in [0.4, 0.5) is 5.69 Å². The fourth-order valence-electron chi connectivity index (χ4n) is 4.49. The van der Waals surface area contributed by atoms with Gasteiger partial charge in [0.15, 0.2) is 0 Å². The molecule has 1 aliphatic heterocycles. The lowest BCUT2D eigenvalue weighted by Gasteiger charge is -2.19. The number of carbonyl (C=O) groups excluding carboxylic acids is 2. The van der Waals surface area contributed by atoms with Crippen LogP contribution in [0, 0.1) is 25.7 Å². The monoisotopic (exact) mass is 426 g/mol. The van der Waals surface area contributed by atoms with Crippen LogP contribution >= 0.6 is 0 Å². The lowest BCUT2D eigenvalue weighted by molar-refractivity contribution is -0.140. The number of benzene rings is 2. The zero-order chi connectivity index (χ0) is 21.5. The molecule has 30 heavy (non-hydrogen) atoms. The molecule has 0 spiro atoms. The van der Waals surface area contributed by atoms with Crippen molar-refractivity contribution in [2.24, 2.45) is 11.8 Å². The average Bonchev–Trinajstić information content (AvgIpc) is 2.96. The second-order valence-electron chi connectivity index (χ2n) is 8.28. The first kappa shape index (κ1) is 20.6. The Balaban J connectivity index is 1.60. The van der Waals surface area contributed by atoms with E-state index >= 15 is 0 Å². The van der Waals surface area contributed by atoms with E-state index in [4.69, 9.17) is 0 Å². The van der Waals surface area contributed by atoms with Crippen molar-refractivity contribution in [3.63, 3.8) is 0 Å². The van der Waals surface area contributed by atoms with Crippen LogP contribution in [0.3, 0.4) is 0 Å². The van der Waals surface area contributed by atoms with Gasteiger partial charge in [-0.05, 0) is 55.5 Å². The molecule has 2 aromatic carbocycles. The summed E-state index contributed by atoms with van der Waals surface area (Å²) < 4.78 is 28.7. The number of para-hydroxylation sites is 1. The molecule has 2 atom stereocenters. The maximum atomic E-state index is 13.0. The molecule has 1 saturated carbocycles. The summed E-state index contributed by atoms with van der Waals surface area (Å²) in [5.74, 6) is -0.648. The van der Waals surface area contributed by atoms with Crippen molar-refractivity contribution in [3.8, 4) is 0 Å². The number of nitrogens with one attached hydrogen (secondary N) is 1. The third kappa shape index (κ3) is 3.74. The Morgan fingerprint density at radius 2 is 1.57 bits per heavy atom. The number of nitrogens with zero attached hydrogens (tertiary/aromatic N) is 1. The highest BCUT2D eigenvalue weighted by Gasteiger charge is 2.47. The standard InChI is InChI=1S/C23H26N2O4S/c1-15-7-3-6-10-20(15)24-30(28,29)21-13-17(12-11-16(21)2)14-25-22(26)18-8-4-5-9-19(18)23(25)27/h3,6-7,10-13,18-19,24H,4-5,8-9,14H2,1-2H3/t18-,19-/m1/s1. The maximum Gasteiger partial charge on any atom is 0.262 e. The Morgan fingerprint density at radius 1 is 0.933 bits per heavy atom. The molecule has 1 aliphatic carbocycles. The Morgan fingerprint density at radius 3 is 2.20 bits per heavy atom. The smallest absolute Gasteiger partial charge is 0.262 e. The lowest BCUT2D eigenvalue weighted by Crippen LogP contribution is -2.30. The van der Waals surface area contributed by atoms with Crippen molar-refractivity contribution in [1.82, 2.24) is 4.90 Å². The first-order valence-corrected chi connectivity index (χ1v) is 11.8. The van der Waals surface area contributed by atoms with Gasteiger partial charge in [-0.25, -0.2) is 8.42 Å². The van der Waals surface area contributed by atoms with Gasteiger partial charge in [0, 0.05) is 0 Å². The van der Waals surface area contributed by atoms with E-state index in [9.17, 15) is 18.0 Å². The van der Waals surface area contributed by atoms with Crippen molar-refractivity contribution in [2.75, 3.05) is 4.72 Å². The molecule has 0 bridgehead atoms. The molecule has 0 unspecified atom stereocenters. The van der Waals surface area contributed by atoms with Crippen molar-refractivity contribution in [2.45, 2.75) is 51.0 Å². The minimum Gasteiger partial charge on any atom is -0.279 e. The largest absolute Gasteiger partial charge is 0.279 e. The highest BCUT2D eigenvalue weighted by atomic mass is 32.2. The van der Waals surface area contributed by atoms with E-state index in [1.54, 1.807) is 37.3 Å². The van der Waals surface area contributed by atoms with Gasteiger partial charge in [-0.2, -0.15) is 0 Å². The molecule has 2 fully saturated rings. The first-order chi connectivity index (χ1) is 14.3. The van der Waals surface area contributed by atoms with Crippen LogP contribution in [0.2, 0.25) is 0 Å². The fraction of sp³-hybridized carbons (Fsp3) is 0.391. The summed E-state index contributed by atoms with van der Waals surface area (Å²) in [6.07, 6.45) is 3.48. The van der Waals surface area contributed by atoms with Crippen molar-refractivity contribution in [3.05, 3.63) is 59.2 Å². The number of anilines is 1. The molecule has 7 heteroatoms. The van der Waals surface area contributed by atoms with Gasteiger partial charge in [0.25, 0.3) is 10.0 Å². The molecule has 2 aromatic rings. The normalized spacial score (nSPS) is 21.6. The highest BCUT2D eigenvalue weighted by Crippen LogP contribution is 2.38. The third-order valence-electron chi connectivity index (χ3n) is 6.20. The number of hydrogen-bond donors (Lipinski definition) is 1. The number of likely N-dealkylation sites (tertiary alicyclic amines) is 1. The van der Waals surface area contributed by atoms with Crippen LogP contribution < -0.4 is 4.72 Å². The summed E-state index contributed by atoms with van der Waals surface area (Å²) in [4.78, 5) is 27.0. The van der Waals surface area contributed by atoms with Gasteiger partial charge in [0.05, 0.1) is 29.0 Å². The summed E-state index contributed by atoms with van der Waals surface area (Å²) in [7, 11) is -3.81. The molecule has 0 aromatic heterocycles. The van der Waals surface area contributed by atoms with Crippen molar-refractivity contribution < 1.29 is 18.0 Å². The second-order valence-corrected chi connectivity index (χ2v) is 9.93. The molecule has 0 radical (unpaired) electrons. The minimum atomic E-state index is -3.81. The summed E-state index contributed by atoms with van der Waals surface area (Å²) in [5.41, 5.74) is 2.58. The highest BCUT2D eigenvalue weighted by molar-refractivity contribution is 7.92. The van der Waals surface area contributed by atoms with E-state index in [2.05, 4.69) is 4.72 Å². The van der Waals surface area contributed by atoms with Crippen LogP contribution in [-0.4, -0.2) is 25.1 Å². The number of amides is 2. The zero-order valence-electron chi connectivity index (χ0n) is 17.2. The van der Waals surface area contributed by atoms with Crippen LogP contribution in [0.15, 0.2) is 47.4 Å². The number of fused-ring (bicyclic) bond motifs is 1. The molecule has 1 saturated heterocycles. The van der Waals surface area contributed by atoms with Crippen LogP contribution in [0.1, 0.15) is 42.4 Å². The van der Waals surface area contributed by atoms with Crippen LogP contribution in [-0.2, 0) is 26.2 Å². The zero-order valence-corrected chi connectivity index (χ0v) is 18.0. The van der Waals surface area contributed by atoms with Gasteiger partial charge in [-0.1, -0.05) is 43.2 Å². The summed E-state index contributed by atoms with van der Waals surface area (Å²) in [5, 5.41) is 0. The molecular weight excluding hydrogens is 400 g/mol. The quantitative estimate of drug-likeness (QED) is 0.738. The van der Waals surface area contributed by atoms with Gasteiger partial charge >= 0.3 is 0 Å². The number of carbonyl (C=O) groups is 2. The second kappa shape index (κ2) is 7.87.